The normalized spacial score (nSPS) is 10.6. The Morgan fingerprint density at radius 3 is 2.47 bits per heavy atom. The summed E-state index contributed by atoms with van der Waals surface area (Å²) in [5, 5.41) is 0. The van der Waals surface area contributed by atoms with E-state index in [4.69, 9.17) is 28.9 Å². The van der Waals surface area contributed by atoms with Crippen LogP contribution in [-0.2, 0) is 0 Å². The lowest BCUT2D eigenvalue weighted by Gasteiger charge is -2.01. The summed E-state index contributed by atoms with van der Waals surface area (Å²) in [7, 11) is 0. The standard InChI is InChI=1S/C10H6Cl2FNS/c11-9-4-6(10(12)15-9)5-1-2-7(13)8(14)3-5/h1-4H,14H2. The van der Waals surface area contributed by atoms with Crippen LogP contribution in [0, 0.1) is 5.82 Å². The molecule has 1 nitrogen and oxygen atoms in total. The molecule has 0 unspecified atom stereocenters. The van der Waals surface area contributed by atoms with Gasteiger partial charge in [-0.15, -0.1) is 11.3 Å². The van der Waals surface area contributed by atoms with Gasteiger partial charge in [0.15, 0.2) is 0 Å². The highest BCUT2D eigenvalue weighted by Gasteiger charge is 2.09. The van der Waals surface area contributed by atoms with Crippen molar-refractivity contribution in [3.63, 3.8) is 0 Å². The Morgan fingerprint density at radius 2 is 1.93 bits per heavy atom. The van der Waals surface area contributed by atoms with Gasteiger partial charge in [0.2, 0.25) is 0 Å². The number of hydrogen-bond acceptors (Lipinski definition) is 2. The fraction of sp³-hybridized carbons (Fsp3) is 0. The second kappa shape index (κ2) is 4.00. The molecule has 2 rings (SSSR count). The van der Waals surface area contributed by atoms with Gasteiger partial charge >= 0.3 is 0 Å². The van der Waals surface area contributed by atoms with E-state index in [9.17, 15) is 4.39 Å². The van der Waals surface area contributed by atoms with Gasteiger partial charge < -0.3 is 5.73 Å². The zero-order valence-corrected chi connectivity index (χ0v) is 9.76. The summed E-state index contributed by atoms with van der Waals surface area (Å²) in [6.45, 7) is 0. The van der Waals surface area contributed by atoms with Crippen molar-refractivity contribution in [2.45, 2.75) is 0 Å². The zero-order valence-electron chi connectivity index (χ0n) is 7.43. The summed E-state index contributed by atoms with van der Waals surface area (Å²) in [6.07, 6.45) is 0. The first-order valence-corrected chi connectivity index (χ1v) is 5.65. The third kappa shape index (κ3) is 2.09. The fourth-order valence-corrected chi connectivity index (χ4v) is 2.76. The number of rotatable bonds is 1. The van der Waals surface area contributed by atoms with E-state index in [1.165, 1.54) is 17.4 Å². The highest BCUT2D eigenvalue weighted by molar-refractivity contribution is 7.20. The van der Waals surface area contributed by atoms with Gasteiger partial charge in [-0.2, -0.15) is 0 Å². The number of hydrogen-bond donors (Lipinski definition) is 1. The van der Waals surface area contributed by atoms with Crippen LogP contribution in [0.5, 0.6) is 0 Å². The Morgan fingerprint density at radius 1 is 1.20 bits per heavy atom. The number of halogens is 3. The third-order valence-corrected chi connectivity index (χ3v) is 3.45. The second-order valence-corrected chi connectivity index (χ2v) is 5.26. The molecule has 1 heterocycles. The molecule has 0 atom stereocenters. The molecule has 0 radical (unpaired) electrons. The minimum atomic E-state index is -0.434. The molecule has 0 spiro atoms. The molecule has 15 heavy (non-hydrogen) atoms. The van der Waals surface area contributed by atoms with E-state index < -0.39 is 5.82 Å². The topological polar surface area (TPSA) is 26.0 Å². The van der Waals surface area contributed by atoms with Crippen LogP contribution in [-0.4, -0.2) is 0 Å². The van der Waals surface area contributed by atoms with Gasteiger partial charge in [0.1, 0.15) is 10.2 Å². The quantitative estimate of drug-likeness (QED) is 0.755. The predicted octanol–water partition coefficient (Wildman–Crippen LogP) is 4.44. The Hall–Kier alpha value is -0.770. The summed E-state index contributed by atoms with van der Waals surface area (Å²) in [5.41, 5.74) is 7.11. The number of nitrogen functional groups attached to an aromatic ring is 1. The molecule has 0 bridgehead atoms. The van der Waals surface area contributed by atoms with E-state index in [0.29, 0.717) is 8.67 Å². The van der Waals surface area contributed by atoms with Crippen molar-refractivity contribution in [1.82, 2.24) is 0 Å². The SMILES string of the molecule is Nc1cc(-c2cc(Cl)sc2Cl)ccc1F. The van der Waals surface area contributed by atoms with Crippen molar-refractivity contribution in [3.8, 4) is 11.1 Å². The molecule has 1 aromatic heterocycles. The monoisotopic (exact) mass is 261 g/mol. The molecule has 0 saturated heterocycles. The average Bonchev–Trinajstić information content (AvgIpc) is 2.50. The van der Waals surface area contributed by atoms with Crippen molar-refractivity contribution in [3.05, 3.63) is 38.8 Å². The number of anilines is 1. The Balaban J connectivity index is 2.54. The van der Waals surface area contributed by atoms with E-state index >= 15 is 0 Å². The van der Waals surface area contributed by atoms with Gasteiger partial charge in [-0.1, -0.05) is 29.3 Å². The molecule has 1 aromatic carbocycles. The fourth-order valence-electron chi connectivity index (χ4n) is 1.25. The first-order valence-electron chi connectivity index (χ1n) is 4.08. The third-order valence-electron chi connectivity index (χ3n) is 1.96. The van der Waals surface area contributed by atoms with Crippen LogP contribution in [0.4, 0.5) is 10.1 Å². The van der Waals surface area contributed by atoms with Crippen LogP contribution in [0.2, 0.25) is 8.67 Å². The Kier molecular flexibility index (Phi) is 2.87. The van der Waals surface area contributed by atoms with Gasteiger partial charge in [-0.05, 0) is 23.8 Å². The smallest absolute Gasteiger partial charge is 0.146 e. The lowest BCUT2D eigenvalue weighted by Crippen LogP contribution is -1.90. The molecular formula is C10H6Cl2FNS. The van der Waals surface area contributed by atoms with Crippen LogP contribution < -0.4 is 5.73 Å². The van der Waals surface area contributed by atoms with Crippen LogP contribution in [0.25, 0.3) is 11.1 Å². The van der Waals surface area contributed by atoms with Crippen molar-refractivity contribution in [2.24, 2.45) is 0 Å². The summed E-state index contributed by atoms with van der Waals surface area (Å²) < 4.78 is 14.1. The summed E-state index contributed by atoms with van der Waals surface area (Å²) in [6, 6.07) is 6.21. The minimum absolute atomic E-state index is 0.103. The van der Waals surface area contributed by atoms with Gasteiger partial charge in [-0.3, -0.25) is 0 Å². The minimum Gasteiger partial charge on any atom is -0.396 e. The molecule has 2 N–H and O–H groups in total. The van der Waals surface area contributed by atoms with Crippen molar-refractivity contribution in [1.29, 1.82) is 0 Å². The van der Waals surface area contributed by atoms with E-state index in [1.54, 1.807) is 18.2 Å². The largest absolute Gasteiger partial charge is 0.396 e. The maximum atomic E-state index is 12.9. The first kappa shape index (κ1) is 10.7. The lowest BCUT2D eigenvalue weighted by molar-refractivity contribution is 0.632. The zero-order chi connectivity index (χ0) is 11.0. The highest BCUT2D eigenvalue weighted by atomic mass is 35.5. The predicted molar refractivity (Wildman–Crippen MR) is 64.1 cm³/mol. The summed E-state index contributed by atoms with van der Waals surface area (Å²) in [5.74, 6) is -0.434. The second-order valence-electron chi connectivity index (χ2n) is 2.97. The number of benzene rings is 1. The molecule has 5 heteroatoms. The summed E-state index contributed by atoms with van der Waals surface area (Å²) in [4.78, 5) is 0. The van der Waals surface area contributed by atoms with E-state index in [0.717, 1.165) is 11.1 Å². The first-order chi connectivity index (χ1) is 7.08. The van der Waals surface area contributed by atoms with Crippen molar-refractivity contribution in [2.75, 3.05) is 5.73 Å². The molecular weight excluding hydrogens is 256 g/mol. The molecule has 2 aromatic rings. The van der Waals surface area contributed by atoms with E-state index in [1.807, 2.05) is 0 Å². The Labute approximate surface area is 100 Å². The molecule has 0 saturated carbocycles. The van der Waals surface area contributed by atoms with Crippen LogP contribution >= 0.6 is 34.5 Å². The van der Waals surface area contributed by atoms with E-state index in [2.05, 4.69) is 0 Å². The maximum Gasteiger partial charge on any atom is 0.146 e. The lowest BCUT2D eigenvalue weighted by atomic mass is 10.1. The molecule has 0 amide bonds. The van der Waals surface area contributed by atoms with Gasteiger partial charge in [0, 0.05) is 5.56 Å². The van der Waals surface area contributed by atoms with Crippen molar-refractivity contribution < 1.29 is 4.39 Å². The molecule has 78 valence electrons. The molecule has 0 aliphatic rings. The Bertz CT molecular complexity index is 510. The van der Waals surface area contributed by atoms with Gasteiger partial charge in [0.05, 0.1) is 10.0 Å². The average molecular weight is 262 g/mol. The highest BCUT2D eigenvalue weighted by Crippen LogP contribution is 2.38. The summed E-state index contributed by atoms with van der Waals surface area (Å²) >= 11 is 13.1. The maximum absolute atomic E-state index is 12.9. The number of thiophene rings is 1. The van der Waals surface area contributed by atoms with Gasteiger partial charge in [0.25, 0.3) is 0 Å². The molecule has 0 aliphatic heterocycles. The van der Waals surface area contributed by atoms with Crippen LogP contribution in [0.3, 0.4) is 0 Å². The molecule has 0 fully saturated rings. The molecule has 0 aliphatic carbocycles. The number of nitrogens with two attached hydrogens (primary N) is 1. The van der Waals surface area contributed by atoms with Gasteiger partial charge in [-0.25, -0.2) is 4.39 Å². The van der Waals surface area contributed by atoms with Crippen LogP contribution in [0.15, 0.2) is 24.3 Å². The van der Waals surface area contributed by atoms with Crippen LogP contribution in [0.1, 0.15) is 0 Å². The van der Waals surface area contributed by atoms with Crippen molar-refractivity contribution >= 4 is 40.2 Å². The van der Waals surface area contributed by atoms with E-state index in [-0.39, 0.29) is 5.69 Å².